The average Bonchev–Trinajstić information content (AvgIpc) is 2.30. The van der Waals surface area contributed by atoms with Crippen LogP contribution in [-0.4, -0.2) is 19.1 Å². The lowest BCUT2D eigenvalue weighted by molar-refractivity contribution is -0.145. The van der Waals surface area contributed by atoms with Crippen molar-refractivity contribution < 1.29 is 13.9 Å². The number of ether oxygens (including phenoxy) is 1. The largest absolute Gasteiger partial charge is 0.469 e. The van der Waals surface area contributed by atoms with E-state index in [1.807, 2.05) is 6.92 Å². The highest BCUT2D eigenvalue weighted by Gasteiger charge is 2.21. The Kier molecular flexibility index (Phi) is 4.93. The molecular weight excluding hydrogens is 289 g/mol. The Hall–Kier alpha value is -1.10. The summed E-state index contributed by atoms with van der Waals surface area (Å²) in [5.74, 6) is -0.865. The molecule has 17 heavy (non-hydrogen) atoms. The van der Waals surface area contributed by atoms with Gasteiger partial charge in [-0.05, 0) is 48.0 Å². The molecule has 0 saturated carbocycles. The molecule has 0 bridgehead atoms. The van der Waals surface area contributed by atoms with Crippen molar-refractivity contribution in [3.8, 4) is 0 Å². The number of benzene rings is 1. The van der Waals surface area contributed by atoms with Crippen molar-refractivity contribution in [1.29, 1.82) is 0 Å². The third-order valence-electron chi connectivity index (χ3n) is 2.64. The second kappa shape index (κ2) is 6.00. The van der Waals surface area contributed by atoms with E-state index in [4.69, 9.17) is 0 Å². The maximum Gasteiger partial charge on any atom is 0.310 e. The minimum absolute atomic E-state index is 0.107. The van der Waals surface area contributed by atoms with Crippen LogP contribution < -0.4 is 5.32 Å². The van der Waals surface area contributed by atoms with Gasteiger partial charge in [0.1, 0.15) is 5.82 Å². The molecule has 0 spiro atoms. The molecule has 0 amide bonds. The first-order valence-electron chi connectivity index (χ1n) is 5.25. The minimum atomic E-state index is -0.309. The molecule has 0 aliphatic carbocycles. The summed E-state index contributed by atoms with van der Waals surface area (Å²) in [5.41, 5.74) is 0.745. The number of halogens is 2. The third-order valence-corrected chi connectivity index (χ3v) is 3.29. The molecule has 2 atom stereocenters. The van der Waals surface area contributed by atoms with Crippen LogP contribution in [0.2, 0.25) is 0 Å². The van der Waals surface area contributed by atoms with Crippen molar-refractivity contribution in [2.45, 2.75) is 19.9 Å². The Balaban J connectivity index is 2.74. The summed E-state index contributed by atoms with van der Waals surface area (Å²) in [6, 6.07) is 4.25. The van der Waals surface area contributed by atoms with Crippen LogP contribution in [0, 0.1) is 11.7 Å². The highest BCUT2D eigenvalue weighted by molar-refractivity contribution is 9.10. The van der Waals surface area contributed by atoms with E-state index in [-0.39, 0.29) is 23.7 Å². The zero-order valence-electron chi connectivity index (χ0n) is 9.96. The number of hydrogen-bond donors (Lipinski definition) is 1. The molecule has 0 aliphatic heterocycles. The molecule has 0 fully saturated rings. The molecule has 0 saturated heterocycles. The number of esters is 1. The maximum atomic E-state index is 12.9. The monoisotopic (exact) mass is 303 g/mol. The number of anilines is 1. The second-order valence-corrected chi connectivity index (χ2v) is 4.72. The van der Waals surface area contributed by atoms with Crippen LogP contribution in [-0.2, 0) is 9.53 Å². The average molecular weight is 304 g/mol. The van der Waals surface area contributed by atoms with E-state index in [0.717, 1.165) is 5.69 Å². The number of rotatable bonds is 4. The molecule has 94 valence electrons. The fourth-order valence-electron chi connectivity index (χ4n) is 1.37. The Morgan fingerprint density at radius 1 is 1.47 bits per heavy atom. The molecular formula is C12H15BrFNO2. The Morgan fingerprint density at radius 3 is 2.65 bits per heavy atom. The standard InChI is InChI=1S/C12H15BrFNO2/c1-7(12(16)17-3)8(2)15-11-5-4-9(14)6-10(11)13/h4-8,15H,1-3H3. The molecule has 1 aromatic rings. The molecule has 0 heterocycles. The summed E-state index contributed by atoms with van der Waals surface area (Å²) < 4.78 is 18.2. The minimum Gasteiger partial charge on any atom is -0.469 e. The van der Waals surface area contributed by atoms with E-state index in [2.05, 4.69) is 26.0 Å². The molecule has 3 nitrogen and oxygen atoms in total. The molecule has 0 radical (unpaired) electrons. The smallest absolute Gasteiger partial charge is 0.310 e. The van der Waals surface area contributed by atoms with Crippen molar-refractivity contribution in [1.82, 2.24) is 0 Å². The van der Waals surface area contributed by atoms with E-state index in [0.29, 0.717) is 4.47 Å². The van der Waals surface area contributed by atoms with Crippen LogP contribution in [0.25, 0.3) is 0 Å². The van der Waals surface area contributed by atoms with E-state index < -0.39 is 0 Å². The van der Waals surface area contributed by atoms with Crippen LogP contribution in [0.4, 0.5) is 10.1 Å². The lowest BCUT2D eigenvalue weighted by Gasteiger charge is -2.21. The number of carbonyl (C=O) groups is 1. The number of carbonyl (C=O) groups excluding carboxylic acids is 1. The Labute approximate surface area is 108 Å². The molecule has 0 aromatic heterocycles. The van der Waals surface area contributed by atoms with Crippen LogP contribution in [0.1, 0.15) is 13.8 Å². The Bertz CT molecular complexity index is 411. The van der Waals surface area contributed by atoms with Crippen LogP contribution in [0.5, 0.6) is 0 Å². The highest BCUT2D eigenvalue weighted by Crippen LogP contribution is 2.25. The van der Waals surface area contributed by atoms with Crippen LogP contribution in [0.15, 0.2) is 22.7 Å². The summed E-state index contributed by atoms with van der Waals surface area (Å²) >= 11 is 3.26. The highest BCUT2D eigenvalue weighted by atomic mass is 79.9. The summed E-state index contributed by atoms with van der Waals surface area (Å²) in [7, 11) is 1.36. The van der Waals surface area contributed by atoms with Gasteiger partial charge in [-0.15, -0.1) is 0 Å². The van der Waals surface area contributed by atoms with Crippen LogP contribution >= 0.6 is 15.9 Å². The van der Waals surface area contributed by atoms with Gasteiger partial charge in [0.25, 0.3) is 0 Å². The van der Waals surface area contributed by atoms with Gasteiger partial charge in [-0.3, -0.25) is 4.79 Å². The maximum absolute atomic E-state index is 12.9. The predicted octanol–water partition coefficient (Wildman–Crippen LogP) is 3.20. The summed E-state index contributed by atoms with van der Waals surface area (Å²) in [4.78, 5) is 11.3. The van der Waals surface area contributed by atoms with Gasteiger partial charge in [-0.2, -0.15) is 0 Å². The van der Waals surface area contributed by atoms with Crippen molar-refractivity contribution in [3.63, 3.8) is 0 Å². The number of nitrogens with one attached hydrogen (secondary N) is 1. The van der Waals surface area contributed by atoms with Gasteiger partial charge < -0.3 is 10.1 Å². The lowest BCUT2D eigenvalue weighted by atomic mass is 10.0. The number of hydrogen-bond acceptors (Lipinski definition) is 3. The summed E-state index contributed by atoms with van der Waals surface area (Å²) in [6.07, 6.45) is 0. The predicted molar refractivity (Wildman–Crippen MR) is 68.4 cm³/mol. The van der Waals surface area contributed by atoms with E-state index in [1.165, 1.54) is 19.2 Å². The zero-order chi connectivity index (χ0) is 13.0. The number of methoxy groups -OCH3 is 1. The van der Waals surface area contributed by atoms with Gasteiger partial charge in [-0.25, -0.2) is 4.39 Å². The van der Waals surface area contributed by atoms with Crippen molar-refractivity contribution >= 4 is 27.6 Å². The van der Waals surface area contributed by atoms with Crippen molar-refractivity contribution in [2.75, 3.05) is 12.4 Å². The molecule has 2 unspecified atom stereocenters. The Morgan fingerprint density at radius 2 is 2.12 bits per heavy atom. The summed E-state index contributed by atoms with van der Waals surface area (Å²) in [5, 5.41) is 3.14. The van der Waals surface area contributed by atoms with Gasteiger partial charge in [-0.1, -0.05) is 0 Å². The molecule has 5 heteroatoms. The van der Waals surface area contributed by atoms with Gasteiger partial charge >= 0.3 is 5.97 Å². The first-order valence-corrected chi connectivity index (χ1v) is 6.04. The quantitative estimate of drug-likeness (QED) is 0.868. The molecule has 1 N–H and O–H groups in total. The SMILES string of the molecule is COC(=O)C(C)C(C)Nc1ccc(F)cc1Br. The van der Waals surface area contributed by atoms with Crippen molar-refractivity contribution in [2.24, 2.45) is 5.92 Å². The summed E-state index contributed by atoms with van der Waals surface area (Å²) in [6.45, 7) is 3.65. The molecule has 1 aromatic carbocycles. The molecule has 1 rings (SSSR count). The fourth-order valence-corrected chi connectivity index (χ4v) is 1.83. The first-order chi connectivity index (χ1) is 7.95. The van der Waals surface area contributed by atoms with E-state index in [1.54, 1.807) is 13.0 Å². The van der Waals surface area contributed by atoms with Gasteiger partial charge in [0, 0.05) is 16.2 Å². The fraction of sp³-hybridized carbons (Fsp3) is 0.417. The van der Waals surface area contributed by atoms with Gasteiger partial charge in [0.15, 0.2) is 0 Å². The van der Waals surface area contributed by atoms with Gasteiger partial charge in [0.2, 0.25) is 0 Å². The van der Waals surface area contributed by atoms with E-state index >= 15 is 0 Å². The first kappa shape index (κ1) is 14.0. The molecule has 0 aliphatic rings. The second-order valence-electron chi connectivity index (χ2n) is 3.87. The zero-order valence-corrected chi connectivity index (χ0v) is 11.5. The van der Waals surface area contributed by atoms with Crippen molar-refractivity contribution in [3.05, 3.63) is 28.5 Å². The van der Waals surface area contributed by atoms with Crippen LogP contribution in [0.3, 0.4) is 0 Å². The topological polar surface area (TPSA) is 38.3 Å². The third kappa shape index (κ3) is 3.70. The lowest BCUT2D eigenvalue weighted by Crippen LogP contribution is -2.30. The normalized spacial score (nSPS) is 13.9. The van der Waals surface area contributed by atoms with Gasteiger partial charge in [0.05, 0.1) is 13.0 Å². The van der Waals surface area contributed by atoms with E-state index in [9.17, 15) is 9.18 Å².